The summed E-state index contributed by atoms with van der Waals surface area (Å²) in [6, 6.07) is 13.4. The molecular weight excluding hydrogens is 323 g/mol. The van der Waals surface area contributed by atoms with Crippen LogP contribution in [0, 0.1) is 12.7 Å². The van der Waals surface area contributed by atoms with Gasteiger partial charge in [0.05, 0.1) is 12.1 Å². The molecule has 0 bridgehead atoms. The van der Waals surface area contributed by atoms with Crippen molar-refractivity contribution in [3.8, 4) is 17.2 Å². The van der Waals surface area contributed by atoms with Crippen LogP contribution in [0.25, 0.3) is 11.5 Å². The molecule has 3 aromatic rings. The Hall–Kier alpha value is -3.15. The molecule has 6 heteroatoms. The molecule has 1 aromatic heterocycles. The predicted molar refractivity (Wildman–Crippen MR) is 90.3 cm³/mol. The number of carbonyl (C=O) groups excluding carboxylic acids is 1. The van der Waals surface area contributed by atoms with E-state index >= 15 is 0 Å². The third kappa shape index (κ3) is 4.03. The zero-order valence-electron chi connectivity index (χ0n) is 13.6. The zero-order valence-corrected chi connectivity index (χ0v) is 13.6. The van der Waals surface area contributed by atoms with E-state index in [-0.39, 0.29) is 18.9 Å². The summed E-state index contributed by atoms with van der Waals surface area (Å²) in [6.07, 6.45) is 0.0722. The molecule has 0 aliphatic heterocycles. The monoisotopic (exact) mass is 340 g/mol. The number of hydrogen-bond donors (Lipinski definition) is 2. The smallest absolute Gasteiger partial charge is 0.226 e. The van der Waals surface area contributed by atoms with Crippen molar-refractivity contribution >= 4 is 5.91 Å². The zero-order chi connectivity index (χ0) is 17.8. The van der Waals surface area contributed by atoms with Crippen LogP contribution in [-0.4, -0.2) is 16.0 Å². The molecule has 0 radical (unpaired) electrons. The normalized spacial score (nSPS) is 10.6. The first-order valence-electron chi connectivity index (χ1n) is 7.79. The third-order valence-electron chi connectivity index (χ3n) is 3.74. The highest BCUT2D eigenvalue weighted by Crippen LogP contribution is 2.21. The highest BCUT2D eigenvalue weighted by atomic mass is 19.1. The molecule has 1 heterocycles. The highest BCUT2D eigenvalue weighted by Gasteiger charge is 2.14. The van der Waals surface area contributed by atoms with Gasteiger partial charge >= 0.3 is 0 Å². The number of phenolic OH excluding ortho intramolecular Hbond substituents is 1. The molecule has 0 atom stereocenters. The second kappa shape index (κ2) is 7.17. The molecule has 0 fully saturated rings. The SMILES string of the molecule is Cc1oc(-c2ccccc2)nc1CC(=O)NCc1ccc(O)c(F)c1. The van der Waals surface area contributed by atoms with Crippen LogP contribution in [0.2, 0.25) is 0 Å². The van der Waals surface area contributed by atoms with Gasteiger partial charge in [-0.25, -0.2) is 9.37 Å². The van der Waals surface area contributed by atoms with Gasteiger partial charge in [-0.3, -0.25) is 4.79 Å². The Morgan fingerprint density at radius 2 is 2.00 bits per heavy atom. The van der Waals surface area contributed by atoms with E-state index in [2.05, 4.69) is 10.3 Å². The standard InChI is InChI=1S/C19H17FN2O3/c1-12-16(22-19(25-12)14-5-3-2-4-6-14)10-18(24)21-11-13-7-8-17(23)15(20)9-13/h2-9,23H,10-11H2,1H3,(H,21,24). The first-order chi connectivity index (χ1) is 12.0. The molecule has 2 aromatic carbocycles. The fourth-order valence-corrected chi connectivity index (χ4v) is 2.37. The fraction of sp³-hybridized carbons (Fsp3) is 0.158. The van der Waals surface area contributed by atoms with E-state index in [0.29, 0.717) is 22.9 Å². The molecule has 0 spiro atoms. The number of nitrogens with one attached hydrogen (secondary N) is 1. The molecular formula is C19H17FN2O3. The summed E-state index contributed by atoms with van der Waals surface area (Å²) in [5.41, 5.74) is 1.97. The van der Waals surface area contributed by atoms with Crippen LogP contribution in [0.4, 0.5) is 4.39 Å². The van der Waals surface area contributed by atoms with Crippen LogP contribution in [0.1, 0.15) is 17.0 Å². The predicted octanol–water partition coefficient (Wildman–Crippen LogP) is 3.35. The number of halogens is 1. The molecule has 3 rings (SSSR count). The van der Waals surface area contributed by atoms with Crippen molar-refractivity contribution < 1.29 is 18.7 Å². The second-order valence-electron chi connectivity index (χ2n) is 5.63. The van der Waals surface area contributed by atoms with Crippen molar-refractivity contribution in [1.82, 2.24) is 10.3 Å². The van der Waals surface area contributed by atoms with E-state index in [1.807, 2.05) is 30.3 Å². The minimum absolute atomic E-state index is 0.0722. The highest BCUT2D eigenvalue weighted by molar-refractivity contribution is 5.78. The van der Waals surface area contributed by atoms with Gasteiger partial charge in [-0.2, -0.15) is 0 Å². The number of amides is 1. The van der Waals surface area contributed by atoms with Crippen molar-refractivity contribution in [3.05, 3.63) is 71.4 Å². The Balaban J connectivity index is 1.63. The van der Waals surface area contributed by atoms with Crippen molar-refractivity contribution in [2.24, 2.45) is 0 Å². The molecule has 1 amide bonds. The fourth-order valence-electron chi connectivity index (χ4n) is 2.37. The lowest BCUT2D eigenvalue weighted by molar-refractivity contribution is -0.120. The Morgan fingerprint density at radius 3 is 2.72 bits per heavy atom. The van der Waals surface area contributed by atoms with E-state index in [1.165, 1.54) is 12.1 Å². The van der Waals surface area contributed by atoms with Crippen molar-refractivity contribution in [2.75, 3.05) is 0 Å². The number of hydrogen-bond acceptors (Lipinski definition) is 4. The summed E-state index contributed by atoms with van der Waals surface area (Å²) < 4.78 is 18.9. The third-order valence-corrected chi connectivity index (χ3v) is 3.74. The van der Waals surface area contributed by atoms with Crippen LogP contribution in [0.5, 0.6) is 5.75 Å². The minimum atomic E-state index is -0.716. The van der Waals surface area contributed by atoms with Gasteiger partial charge < -0.3 is 14.8 Å². The van der Waals surface area contributed by atoms with Crippen molar-refractivity contribution in [2.45, 2.75) is 19.9 Å². The van der Waals surface area contributed by atoms with E-state index in [9.17, 15) is 9.18 Å². The average Bonchev–Trinajstić information content (AvgIpc) is 2.97. The van der Waals surface area contributed by atoms with Gasteiger partial charge in [0.25, 0.3) is 0 Å². The number of aryl methyl sites for hydroxylation is 1. The lowest BCUT2D eigenvalue weighted by atomic mass is 10.2. The quantitative estimate of drug-likeness (QED) is 0.747. The first-order valence-corrected chi connectivity index (χ1v) is 7.79. The maximum atomic E-state index is 13.3. The van der Waals surface area contributed by atoms with Crippen LogP contribution in [-0.2, 0) is 17.8 Å². The molecule has 0 saturated heterocycles. The van der Waals surface area contributed by atoms with Crippen molar-refractivity contribution in [3.63, 3.8) is 0 Å². The molecule has 0 aliphatic rings. The average molecular weight is 340 g/mol. The summed E-state index contributed by atoms with van der Waals surface area (Å²) in [7, 11) is 0. The van der Waals surface area contributed by atoms with E-state index in [0.717, 1.165) is 5.56 Å². The van der Waals surface area contributed by atoms with Gasteiger partial charge in [-0.15, -0.1) is 0 Å². The number of benzene rings is 2. The number of rotatable bonds is 5. The molecule has 5 nitrogen and oxygen atoms in total. The summed E-state index contributed by atoms with van der Waals surface area (Å²) in [5.74, 6) is -0.316. The Kier molecular flexibility index (Phi) is 4.79. The lowest BCUT2D eigenvalue weighted by Crippen LogP contribution is -2.25. The minimum Gasteiger partial charge on any atom is -0.505 e. The number of aromatic hydroxyl groups is 1. The van der Waals surface area contributed by atoms with Gasteiger partial charge in [0.2, 0.25) is 11.8 Å². The van der Waals surface area contributed by atoms with Crippen LogP contribution in [0.15, 0.2) is 52.9 Å². The van der Waals surface area contributed by atoms with Gasteiger partial charge in [0, 0.05) is 12.1 Å². The molecule has 2 N–H and O–H groups in total. The number of carbonyl (C=O) groups is 1. The lowest BCUT2D eigenvalue weighted by Gasteiger charge is -2.05. The Labute approximate surface area is 144 Å². The van der Waals surface area contributed by atoms with Crippen LogP contribution in [0.3, 0.4) is 0 Å². The maximum Gasteiger partial charge on any atom is 0.226 e. The van der Waals surface area contributed by atoms with E-state index in [4.69, 9.17) is 9.52 Å². The van der Waals surface area contributed by atoms with Gasteiger partial charge in [0.1, 0.15) is 5.76 Å². The van der Waals surface area contributed by atoms with Gasteiger partial charge in [-0.05, 0) is 36.8 Å². The first kappa shape index (κ1) is 16.7. The number of phenols is 1. The number of oxazole rings is 1. The van der Waals surface area contributed by atoms with Gasteiger partial charge in [-0.1, -0.05) is 24.3 Å². The summed E-state index contributed by atoms with van der Waals surface area (Å²) in [6.45, 7) is 1.93. The molecule has 128 valence electrons. The van der Waals surface area contributed by atoms with E-state index in [1.54, 1.807) is 13.0 Å². The van der Waals surface area contributed by atoms with Crippen molar-refractivity contribution in [1.29, 1.82) is 0 Å². The summed E-state index contributed by atoms with van der Waals surface area (Å²) in [5, 5.41) is 11.9. The second-order valence-corrected chi connectivity index (χ2v) is 5.63. The molecule has 0 aliphatic carbocycles. The summed E-state index contributed by atoms with van der Waals surface area (Å²) >= 11 is 0. The van der Waals surface area contributed by atoms with Gasteiger partial charge in [0.15, 0.2) is 11.6 Å². The maximum absolute atomic E-state index is 13.3. The summed E-state index contributed by atoms with van der Waals surface area (Å²) in [4.78, 5) is 16.5. The number of nitrogens with zero attached hydrogens (tertiary/aromatic N) is 1. The van der Waals surface area contributed by atoms with E-state index < -0.39 is 11.6 Å². The Bertz CT molecular complexity index is 891. The Morgan fingerprint density at radius 1 is 1.24 bits per heavy atom. The number of aromatic nitrogens is 1. The topological polar surface area (TPSA) is 75.4 Å². The van der Waals surface area contributed by atoms with Crippen LogP contribution >= 0.6 is 0 Å². The largest absolute Gasteiger partial charge is 0.505 e. The van der Waals surface area contributed by atoms with Crippen LogP contribution < -0.4 is 5.32 Å². The molecule has 0 saturated carbocycles. The molecule has 25 heavy (non-hydrogen) atoms. The molecule has 0 unspecified atom stereocenters.